The first-order valence-corrected chi connectivity index (χ1v) is 7.96. The van der Waals surface area contributed by atoms with Crippen LogP contribution in [-0.4, -0.2) is 16.4 Å². The highest BCUT2D eigenvalue weighted by molar-refractivity contribution is 5.26. The Morgan fingerprint density at radius 3 is 2.62 bits per heavy atom. The largest absolute Gasteiger partial charge is 0.416 e. The molecule has 0 bridgehead atoms. The second-order valence-electron chi connectivity index (χ2n) is 6.04. The maximum Gasteiger partial charge on any atom is 0.416 e. The molecule has 1 fully saturated rings. The van der Waals surface area contributed by atoms with Crippen LogP contribution < -0.4 is 0 Å². The van der Waals surface area contributed by atoms with Crippen molar-refractivity contribution < 1.29 is 17.6 Å². The van der Waals surface area contributed by atoms with Gasteiger partial charge in [-0.3, -0.25) is 9.88 Å². The Labute approximate surface area is 138 Å². The summed E-state index contributed by atoms with van der Waals surface area (Å²) in [6.07, 6.45) is 0.167. The van der Waals surface area contributed by atoms with Crippen molar-refractivity contribution in [2.24, 2.45) is 0 Å². The number of likely N-dealkylation sites (tertiary alicyclic amines) is 1. The molecule has 1 aromatic heterocycles. The van der Waals surface area contributed by atoms with Gasteiger partial charge in [-0.15, -0.1) is 0 Å². The van der Waals surface area contributed by atoms with Gasteiger partial charge in [-0.05, 0) is 43.7 Å². The van der Waals surface area contributed by atoms with Gasteiger partial charge >= 0.3 is 6.18 Å². The third kappa shape index (κ3) is 3.75. The van der Waals surface area contributed by atoms with Gasteiger partial charge in [-0.25, -0.2) is 4.39 Å². The molecule has 1 atom stereocenters. The molecule has 1 aliphatic heterocycles. The van der Waals surface area contributed by atoms with Gasteiger partial charge in [0.2, 0.25) is 0 Å². The first kappa shape index (κ1) is 16.9. The fourth-order valence-electron chi connectivity index (χ4n) is 3.16. The van der Waals surface area contributed by atoms with Gasteiger partial charge in [0.15, 0.2) is 0 Å². The summed E-state index contributed by atoms with van der Waals surface area (Å²) < 4.78 is 52.1. The zero-order valence-electron chi connectivity index (χ0n) is 13.1. The third-order valence-corrected chi connectivity index (χ3v) is 4.40. The summed E-state index contributed by atoms with van der Waals surface area (Å²) in [5.74, 6) is -0.810. The van der Waals surface area contributed by atoms with Crippen LogP contribution in [0, 0.1) is 5.82 Å². The molecule has 0 N–H and O–H groups in total. The van der Waals surface area contributed by atoms with Crippen molar-refractivity contribution in [1.29, 1.82) is 0 Å². The molecule has 1 aliphatic rings. The van der Waals surface area contributed by atoms with Crippen LogP contribution in [0.1, 0.15) is 42.1 Å². The number of aromatic nitrogens is 1. The van der Waals surface area contributed by atoms with E-state index < -0.39 is 17.6 Å². The number of alkyl halides is 3. The summed E-state index contributed by atoms with van der Waals surface area (Å²) >= 11 is 0. The second kappa shape index (κ2) is 6.89. The highest BCUT2D eigenvalue weighted by Crippen LogP contribution is 2.33. The summed E-state index contributed by atoms with van der Waals surface area (Å²) in [7, 11) is 0. The van der Waals surface area contributed by atoms with E-state index in [-0.39, 0.29) is 18.2 Å². The molecule has 1 aromatic carbocycles. The van der Waals surface area contributed by atoms with Crippen LogP contribution in [0.3, 0.4) is 0 Å². The van der Waals surface area contributed by atoms with Crippen LogP contribution in [0.2, 0.25) is 0 Å². The van der Waals surface area contributed by atoms with Crippen molar-refractivity contribution in [3.63, 3.8) is 0 Å². The topological polar surface area (TPSA) is 16.1 Å². The molecule has 2 nitrogen and oxygen atoms in total. The van der Waals surface area contributed by atoms with Gasteiger partial charge in [0.1, 0.15) is 5.82 Å². The van der Waals surface area contributed by atoms with Crippen LogP contribution in [0.25, 0.3) is 0 Å². The van der Waals surface area contributed by atoms with E-state index in [1.807, 2.05) is 18.2 Å². The maximum atomic E-state index is 14.1. The normalized spacial score (nSPS) is 19.4. The summed E-state index contributed by atoms with van der Waals surface area (Å²) in [5, 5.41) is 0. The minimum Gasteiger partial charge on any atom is -0.290 e. The molecule has 6 heteroatoms. The van der Waals surface area contributed by atoms with Gasteiger partial charge in [-0.1, -0.05) is 18.6 Å². The molecule has 0 aliphatic carbocycles. The molecule has 3 rings (SSSR count). The van der Waals surface area contributed by atoms with E-state index in [1.54, 1.807) is 6.20 Å². The minimum absolute atomic E-state index is 0.0710. The first-order valence-electron chi connectivity index (χ1n) is 7.96. The quantitative estimate of drug-likeness (QED) is 0.735. The number of nitrogens with zero attached hydrogens (tertiary/aromatic N) is 2. The van der Waals surface area contributed by atoms with E-state index in [0.717, 1.165) is 37.6 Å². The number of hydrogen-bond acceptors (Lipinski definition) is 2. The van der Waals surface area contributed by atoms with E-state index in [1.165, 1.54) is 6.07 Å². The van der Waals surface area contributed by atoms with Gasteiger partial charge in [-0.2, -0.15) is 13.2 Å². The monoisotopic (exact) mass is 338 g/mol. The van der Waals surface area contributed by atoms with Gasteiger partial charge in [0.25, 0.3) is 0 Å². The Morgan fingerprint density at radius 1 is 1.12 bits per heavy atom. The average molecular weight is 338 g/mol. The summed E-state index contributed by atoms with van der Waals surface area (Å²) in [4.78, 5) is 6.47. The zero-order valence-corrected chi connectivity index (χ0v) is 13.1. The Morgan fingerprint density at radius 2 is 1.96 bits per heavy atom. The Balaban J connectivity index is 1.81. The van der Waals surface area contributed by atoms with Gasteiger partial charge in [0.05, 0.1) is 17.3 Å². The van der Waals surface area contributed by atoms with Crippen LogP contribution in [0.5, 0.6) is 0 Å². The number of piperidine rings is 1. The standard InChI is InChI=1S/C18H18F4N2/c19-15-11-14(18(20,21)22)8-7-13(15)12-24-10-4-2-6-17(24)16-5-1-3-9-23-16/h1,3,5,7-9,11,17H,2,4,6,10,12H2/t17-/m0/s1. The molecule has 24 heavy (non-hydrogen) atoms. The lowest BCUT2D eigenvalue weighted by molar-refractivity contribution is -0.137. The number of rotatable bonds is 3. The lowest BCUT2D eigenvalue weighted by Gasteiger charge is -2.35. The fourth-order valence-corrected chi connectivity index (χ4v) is 3.16. The summed E-state index contributed by atoms with van der Waals surface area (Å²) in [5.41, 5.74) is 0.249. The maximum absolute atomic E-state index is 14.1. The molecule has 0 amide bonds. The van der Waals surface area contributed by atoms with Crippen LogP contribution in [0.15, 0.2) is 42.6 Å². The van der Waals surface area contributed by atoms with Gasteiger partial charge < -0.3 is 0 Å². The fraction of sp³-hybridized carbons (Fsp3) is 0.389. The van der Waals surface area contributed by atoms with Crippen LogP contribution in [-0.2, 0) is 12.7 Å². The minimum atomic E-state index is -4.53. The van der Waals surface area contributed by atoms with Crippen LogP contribution in [0.4, 0.5) is 17.6 Å². The van der Waals surface area contributed by atoms with Gasteiger partial charge in [0, 0.05) is 18.3 Å². The highest BCUT2D eigenvalue weighted by atomic mass is 19.4. The Kier molecular flexibility index (Phi) is 4.85. The molecule has 2 heterocycles. The lowest BCUT2D eigenvalue weighted by atomic mass is 9.97. The predicted molar refractivity (Wildman–Crippen MR) is 82.6 cm³/mol. The zero-order chi connectivity index (χ0) is 17.2. The van der Waals surface area contributed by atoms with E-state index in [2.05, 4.69) is 9.88 Å². The summed E-state index contributed by atoms with van der Waals surface area (Å²) in [6, 6.07) is 8.52. The molecule has 0 spiro atoms. The Bertz CT molecular complexity index is 685. The molecule has 0 unspecified atom stereocenters. The van der Waals surface area contributed by atoms with Crippen molar-refractivity contribution in [3.8, 4) is 0 Å². The van der Waals surface area contributed by atoms with E-state index in [0.29, 0.717) is 6.07 Å². The number of hydrogen-bond donors (Lipinski definition) is 0. The number of benzene rings is 1. The molecular weight excluding hydrogens is 320 g/mol. The summed E-state index contributed by atoms with van der Waals surface area (Å²) in [6.45, 7) is 1.06. The van der Waals surface area contributed by atoms with Crippen molar-refractivity contribution in [1.82, 2.24) is 9.88 Å². The molecule has 0 saturated carbocycles. The van der Waals surface area contributed by atoms with Crippen molar-refractivity contribution >= 4 is 0 Å². The average Bonchev–Trinajstić information content (AvgIpc) is 2.57. The number of halogens is 4. The molecular formula is C18H18F4N2. The predicted octanol–water partition coefficient (Wildman–Crippen LogP) is 4.97. The molecule has 128 valence electrons. The Hall–Kier alpha value is -1.95. The lowest BCUT2D eigenvalue weighted by Crippen LogP contribution is -2.33. The van der Waals surface area contributed by atoms with Crippen molar-refractivity contribution in [3.05, 3.63) is 65.2 Å². The second-order valence-corrected chi connectivity index (χ2v) is 6.04. The number of pyridine rings is 1. The highest BCUT2D eigenvalue weighted by Gasteiger charge is 2.32. The third-order valence-electron chi connectivity index (χ3n) is 4.40. The first-order chi connectivity index (χ1) is 11.4. The molecule has 1 saturated heterocycles. The van der Waals surface area contributed by atoms with E-state index in [4.69, 9.17) is 0 Å². The SMILES string of the molecule is Fc1cc(C(F)(F)F)ccc1CN1CCCC[C@H]1c1ccccn1. The van der Waals surface area contributed by atoms with E-state index in [9.17, 15) is 17.6 Å². The van der Waals surface area contributed by atoms with Crippen LogP contribution >= 0.6 is 0 Å². The smallest absolute Gasteiger partial charge is 0.290 e. The van der Waals surface area contributed by atoms with Crippen molar-refractivity contribution in [2.75, 3.05) is 6.54 Å². The molecule has 0 radical (unpaired) electrons. The van der Waals surface area contributed by atoms with E-state index >= 15 is 0 Å². The van der Waals surface area contributed by atoms with Crippen molar-refractivity contribution in [2.45, 2.75) is 38.0 Å². The molecule has 2 aromatic rings.